The van der Waals surface area contributed by atoms with Crippen LogP contribution in [0.5, 0.6) is 0 Å². The second-order valence-electron chi connectivity index (χ2n) is 2.47. The maximum absolute atomic E-state index is 12.0. The van der Waals surface area contributed by atoms with Crippen LogP contribution in [0.4, 0.5) is 8.78 Å². The van der Waals surface area contributed by atoms with Crippen LogP contribution in [-0.4, -0.2) is 20.9 Å². The summed E-state index contributed by atoms with van der Waals surface area (Å²) in [6.07, 6.45) is 1.56. The summed E-state index contributed by atoms with van der Waals surface area (Å²) < 4.78 is 28.9. The van der Waals surface area contributed by atoms with Gasteiger partial charge in [-0.15, -0.1) is 10.2 Å². The molecule has 78 valence electrons. The third kappa shape index (κ3) is 2.50. The lowest BCUT2D eigenvalue weighted by molar-refractivity contribution is 0.249. The SMILES string of the molecule is FC(F)Sc1nnc(-c2ccccn2)o1. The Bertz CT molecular complexity index is 434. The van der Waals surface area contributed by atoms with E-state index in [9.17, 15) is 8.78 Å². The first kappa shape index (κ1) is 10.0. The molecule has 0 aromatic carbocycles. The van der Waals surface area contributed by atoms with Crippen molar-refractivity contribution >= 4 is 11.8 Å². The fourth-order valence-corrected chi connectivity index (χ4v) is 1.29. The van der Waals surface area contributed by atoms with Gasteiger partial charge in [-0.3, -0.25) is 4.98 Å². The van der Waals surface area contributed by atoms with Gasteiger partial charge in [-0.2, -0.15) is 8.78 Å². The lowest BCUT2D eigenvalue weighted by Crippen LogP contribution is -1.80. The van der Waals surface area contributed by atoms with Gasteiger partial charge < -0.3 is 4.42 Å². The van der Waals surface area contributed by atoms with Crippen molar-refractivity contribution in [2.24, 2.45) is 0 Å². The van der Waals surface area contributed by atoms with E-state index >= 15 is 0 Å². The number of hydrogen-bond donors (Lipinski definition) is 0. The largest absolute Gasteiger partial charge is 0.409 e. The molecule has 0 fully saturated rings. The Morgan fingerprint density at radius 3 is 2.80 bits per heavy atom. The van der Waals surface area contributed by atoms with Crippen LogP contribution in [0.25, 0.3) is 11.6 Å². The van der Waals surface area contributed by atoms with E-state index in [0.717, 1.165) is 0 Å². The van der Waals surface area contributed by atoms with Gasteiger partial charge in [0.05, 0.1) is 0 Å². The highest BCUT2D eigenvalue weighted by Gasteiger charge is 2.14. The molecule has 0 aliphatic heterocycles. The van der Waals surface area contributed by atoms with Crippen molar-refractivity contribution < 1.29 is 13.2 Å². The van der Waals surface area contributed by atoms with Crippen LogP contribution in [0.1, 0.15) is 0 Å². The molecule has 0 spiro atoms. The summed E-state index contributed by atoms with van der Waals surface area (Å²) in [7, 11) is 0. The Labute approximate surface area is 87.7 Å². The number of alkyl halides is 2. The maximum atomic E-state index is 12.0. The molecule has 0 bridgehead atoms. The third-order valence-electron chi connectivity index (χ3n) is 1.48. The molecule has 2 heterocycles. The molecule has 2 aromatic rings. The number of rotatable bonds is 3. The van der Waals surface area contributed by atoms with Crippen molar-refractivity contribution in [1.29, 1.82) is 0 Å². The Balaban J connectivity index is 2.21. The zero-order valence-corrected chi connectivity index (χ0v) is 8.12. The first-order valence-electron chi connectivity index (χ1n) is 3.95. The Morgan fingerprint density at radius 1 is 1.27 bits per heavy atom. The van der Waals surface area contributed by atoms with E-state index in [0.29, 0.717) is 5.69 Å². The molecule has 0 unspecified atom stereocenters. The molecule has 2 rings (SSSR count). The molecule has 0 atom stereocenters. The average Bonchev–Trinajstić information content (AvgIpc) is 2.67. The number of aromatic nitrogens is 3. The Kier molecular flexibility index (Phi) is 2.91. The second-order valence-corrected chi connectivity index (χ2v) is 3.41. The summed E-state index contributed by atoms with van der Waals surface area (Å²) in [6.45, 7) is 0. The lowest BCUT2D eigenvalue weighted by atomic mass is 10.3. The molecule has 0 saturated heterocycles. The van der Waals surface area contributed by atoms with Crippen LogP contribution in [0.15, 0.2) is 34.0 Å². The quantitative estimate of drug-likeness (QED) is 0.756. The Hall–Kier alpha value is -1.50. The van der Waals surface area contributed by atoms with Crippen molar-refractivity contribution in [2.75, 3.05) is 0 Å². The average molecular weight is 229 g/mol. The minimum atomic E-state index is -2.57. The minimum Gasteiger partial charge on any atom is -0.409 e. The van der Waals surface area contributed by atoms with Crippen molar-refractivity contribution in [1.82, 2.24) is 15.2 Å². The first-order valence-corrected chi connectivity index (χ1v) is 4.83. The van der Waals surface area contributed by atoms with E-state index in [1.807, 2.05) is 0 Å². The van der Waals surface area contributed by atoms with Gasteiger partial charge in [-0.1, -0.05) is 6.07 Å². The molecule has 0 radical (unpaired) electrons. The van der Waals surface area contributed by atoms with Crippen molar-refractivity contribution in [2.45, 2.75) is 11.0 Å². The summed E-state index contributed by atoms with van der Waals surface area (Å²) in [5.41, 5.74) is 0.464. The minimum absolute atomic E-state index is 0.138. The number of nitrogens with zero attached hydrogens (tertiary/aromatic N) is 3. The van der Waals surface area contributed by atoms with E-state index in [1.54, 1.807) is 24.4 Å². The molecule has 7 heteroatoms. The molecular formula is C8H5F2N3OS. The van der Waals surface area contributed by atoms with Gasteiger partial charge in [-0.05, 0) is 12.1 Å². The van der Waals surface area contributed by atoms with Crippen LogP contribution in [0.3, 0.4) is 0 Å². The molecule has 0 amide bonds. The molecule has 0 aliphatic rings. The zero-order chi connectivity index (χ0) is 10.7. The van der Waals surface area contributed by atoms with Gasteiger partial charge in [0.15, 0.2) is 0 Å². The van der Waals surface area contributed by atoms with E-state index in [4.69, 9.17) is 4.42 Å². The highest BCUT2D eigenvalue weighted by molar-refractivity contribution is 7.99. The molecule has 15 heavy (non-hydrogen) atoms. The van der Waals surface area contributed by atoms with Crippen LogP contribution < -0.4 is 0 Å². The molecule has 0 aliphatic carbocycles. The van der Waals surface area contributed by atoms with E-state index in [2.05, 4.69) is 15.2 Å². The number of halogens is 2. The van der Waals surface area contributed by atoms with E-state index in [1.165, 1.54) is 0 Å². The van der Waals surface area contributed by atoms with Crippen LogP contribution >= 0.6 is 11.8 Å². The number of thioether (sulfide) groups is 1. The van der Waals surface area contributed by atoms with Gasteiger partial charge >= 0.3 is 0 Å². The van der Waals surface area contributed by atoms with Crippen molar-refractivity contribution in [3.8, 4) is 11.6 Å². The Morgan fingerprint density at radius 2 is 2.13 bits per heavy atom. The summed E-state index contributed by atoms with van der Waals surface area (Å²) in [5, 5.41) is 6.90. The second kappa shape index (κ2) is 4.35. The molecule has 2 aromatic heterocycles. The van der Waals surface area contributed by atoms with Gasteiger partial charge in [-0.25, -0.2) is 0 Å². The predicted molar refractivity (Wildman–Crippen MR) is 49.4 cm³/mol. The standard InChI is InChI=1S/C8H5F2N3OS/c9-7(10)15-8-13-12-6(14-8)5-3-1-2-4-11-5/h1-4,7H. The zero-order valence-electron chi connectivity index (χ0n) is 7.30. The highest BCUT2D eigenvalue weighted by atomic mass is 32.2. The topological polar surface area (TPSA) is 51.8 Å². The number of hydrogen-bond acceptors (Lipinski definition) is 5. The van der Waals surface area contributed by atoms with Gasteiger partial charge in [0.2, 0.25) is 0 Å². The highest BCUT2D eigenvalue weighted by Crippen LogP contribution is 2.26. The molecule has 0 saturated carbocycles. The summed E-state index contributed by atoms with van der Waals surface area (Å²) >= 11 is 0.213. The monoisotopic (exact) mass is 229 g/mol. The van der Waals surface area contributed by atoms with Crippen LogP contribution in [0, 0.1) is 0 Å². The molecule has 4 nitrogen and oxygen atoms in total. The van der Waals surface area contributed by atoms with Crippen molar-refractivity contribution in [3.63, 3.8) is 0 Å². The van der Waals surface area contributed by atoms with E-state index < -0.39 is 5.76 Å². The van der Waals surface area contributed by atoms with E-state index in [-0.39, 0.29) is 22.9 Å². The first-order chi connectivity index (χ1) is 7.25. The van der Waals surface area contributed by atoms with Crippen LogP contribution in [0.2, 0.25) is 0 Å². The lowest BCUT2D eigenvalue weighted by Gasteiger charge is -1.91. The normalized spacial score (nSPS) is 10.9. The van der Waals surface area contributed by atoms with Crippen LogP contribution in [-0.2, 0) is 0 Å². The molecular weight excluding hydrogens is 224 g/mol. The predicted octanol–water partition coefficient (Wildman–Crippen LogP) is 2.45. The summed E-state index contributed by atoms with van der Waals surface area (Å²) in [5.74, 6) is -2.43. The fourth-order valence-electron chi connectivity index (χ4n) is 0.926. The smallest absolute Gasteiger partial charge is 0.293 e. The third-order valence-corrected chi connectivity index (χ3v) is 2.03. The summed E-state index contributed by atoms with van der Waals surface area (Å²) in [6, 6.07) is 5.13. The fraction of sp³-hybridized carbons (Fsp3) is 0.125. The van der Waals surface area contributed by atoms with Gasteiger partial charge in [0.1, 0.15) is 5.69 Å². The maximum Gasteiger partial charge on any atom is 0.293 e. The van der Waals surface area contributed by atoms with Gasteiger partial charge in [0, 0.05) is 18.0 Å². The van der Waals surface area contributed by atoms with Crippen molar-refractivity contribution in [3.05, 3.63) is 24.4 Å². The van der Waals surface area contributed by atoms with Gasteiger partial charge in [0.25, 0.3) is 16.9 Å². The summed E-state index contributed by atoms with van der Waals surface area (Å²) in [4.78, 5) is 3.95. The molecule has 0 N–H and O–H groups in total. The number of pyridine rings is 1.